The fraction of sp³-hybridized carbons (Fsp3) is 0. The second-order valence-corrected chi connectivity index (χ2v) is 4.30. The summed E-state index contributed by atoms with van der Waals surface area (Å²) in [6.45, 7) is 0. The van der Waals surface area contributed by atoms with Crippen molar-refractivity contribution in [1.29, 1.82) is 0 Å². The molecule has 0 radical (unpaired) electrons. The minimum Gasteiger partial charge on any atom is -0.278 e. The number of aromatic amines is 1. The molecule has 0 unspecified atom stereocenters. The molecule has 0 fully saturated rings. The predicted octanol–water partition coefficient (Wildman–Crippen LogP) is 2.93. The Balaban J connectivity index is 2.91. The summed E-state index contributed by atoms with van der Waals surface area (Å²) in [6.07, 6.45) is 1.84. The average molecular weight is 323 g/mol. The number of rotatable bonds is 0. The van der Waals surface area contributed by atoms with E-state index in [1.54, 1.807) is 0 Å². The quantitative estimate of drug-likeness (QED) is 0.742. The zero-order chi connectivity index (χ0) is 7.84. The van der Waals surface area contributed by atoms with Crippen molar-refractivity contribution < 1.29 is 0 Å². The Labute approximate surface area is 85.6 Å². The molecule has 0 aliphatic carbocycles. The minimum atomic E-state index is 1.07. The lowest BCUT2D eigenvalue weighted by molar-refractivity contribution is 1.12. The average Bonchev–Trinajstić information content (AvgIpc) is 2.34. The van der Waals surface area contributed by atoms with Gasteiger partial charge in [-0.05, 0) is 34.7 Å². The van der Waals surface area contributed by atoms with Crippen molar-refractivity contribution in [1.82, 2.24) is 10.2 Å². The number of aromatic nitrogens is 2. The standard InChI is InChI=1S/C7H4BrIN2/c8-4-1-6(9)5-3-10-11-7(5)2-4/h1-3H,(H,10,11). The molecule has 0 saturated heterocycles. The van der Waals surface area contributed by atoms with Crippen molar-refractivity contribution >= 4 is 49.4 Å². The first-order chi connectivity index (χ1) is 5.27. The Morgan fingerprint density at radius 2 is 2.27 bits per heavy atom. The number of hydrogen-bond acceptors (Lipinski definition) is 1. The third-order valence-corrected chi connectivity index (χ3v) is 2.82. The third kappa shape index (κ3) is 1.29. The summed E-state index contributed by atoms with van der Waals surface area (Å²) < 4.78 is 2.29. The van der Waals surface area contributed by atoms with Crippen LogP contribution in [-0.4, -0.2) is 10.2 Å². The summed E-state index contributed by atoms with van der Waals surface area (Å²) in [5.74, 6) is 0. The van der Waals surface area contributed by atoms with Crippen LogP contribution in [0.3, 0.4) is 0 Å². The second kappa shape index (κ2) is 2.75. The van der Waals surface area contributed by atoms with E-state index in [0.717, 1.165) is 9.99 Å². The molecule has 0 aliphatic rings. The first-order valence-corrected chi connectivity index (χ1v) is 4.92. The molecule has 2 rings (SSSR count). The van der Waals surface area contributed by atoms with Gasteiger partial charge in [0, 0.05) is 13.4 Å². The van der Waals surface area contributed by atoms with E-state index < -0.39 is 0 Å². The highest BCUT2D eigenvalue weighted by Gasteiger charge is 2.00. The molecule has 1 heterocycles. The molecular formula is C7H4BrIN2. The molecule has 1 aromatic heterocycles. The van der Waals surface area contributed by atoms with Crippen LogP contribution in [0.25, 0.3) is 10.9 Å². The number of benzene rings is 1. The molecule has 56 valence electrons. The molecule has 2 aromatic rings. The summed E-state index contributed by atoms with van der Waals surface area (Å²) in [7, 11) is 0. The summed E-state index contributed by atoms with van der Waals surface area (Å²) >= 11 is 5.71. The van der Waals surface area contributed by atoms with E-state index in [-0.39, 0.29) is 0 Å². The van der Waals surface area contributed by atoms with Gasteiger partial charge < -0.3 is 0 Å². The molecule has 0 saturated carbocycles. The van der Waals surface area contributed by atoms with E-state index >= 15 is 0 Å². The Hall–Kier alpha value is -0.100. The van der Waals surface area contributed by atoms with Crippen LogP contribution in [0, 0.1) is 3.57 Å². The highest BCUT2D eigenvalue weighted by molar-refractivity contribution is 14.1. The lowest BCUT2D eigenvalue weighted by Gasteiger charge is -1.93. The number of nitrogens with one attached hydrogen (secondary N) is 1. The SMILES string of the molecule is Brc1cc(I)c2cn[nH]c2c1. The molecule has 0 bridgehead atoms. The first kappa shape index (κ1) is 7.54. The molecule has 0 atom stereocenters. The molecule has 11 heavy (non-hydrogen) atoms. The van der Waals surface area contributed by atoms with Crippen molar-refractivity contribution in [2.45, 2.75) is 0 Å². The molecule has 0 spiro atoms. The Morgan fingerprint density at radius 1 is 1.45 bits per heavy atom. The minimum absolute atomic E-state index is 1.07. The van der Waals surface area contributed by atoms with Gasteiger partial charge in [-0.1, -0.05) is 15.9 Å². The van der Waals surface area contributed by atoms with Gasteiger partial charge in [-0.15, -0.1) is 0 Å². The first-order valence-electron chi connectivity index (χ1n) is 3.05. The van der Waals surface area contributed by atoms with Gasteiger partial charge >= 0.3 is 0 Å². The van der Waals surface area contributed by atoms with Gasteiger partial charge in [0.25, 0.3) is 0 Å². The Morgan fingerprint density at radius 3 is 3.09 bits per heavy atom. The number of H-pyrrole nitrogens is 1. The van der Waals surface area contributed by atoms with Crippen LogP contribution in [-0.2, 0) is 0 Å². The van der Waals surface area contributed by atoms with E-state index in [1.807, 2.05) is 12.3 Å². The van der Waals surface area contributed by atoms with Crippen LogP contribution < -0.4 is 0 Å². The normalized spacial score (nSPS) is 10.7. The van der Waals surface area contributed by atoms with Crippen LogP contribution in [0.4, 0.5) is 0 Å². The molecule has 0 amide bonds. The molecule has 1 aromatic carbocycles. The predicted molar refractivity (Wildman–Crippen MR) is 56.5 cm³/mol. The summed E-state index contributed by atoms with van der Waals surface area (Å²) in [5, 5.41) is 8.04. The number of halogens is 2. The van der Waals surface area contributed by atoms with Gasteiger partial charge in [-0.25, -0.2) is 0 Å². The van der Waals surface area contributed by atoms with Crippen molar-refractivity contribution in [3.8, 4) is 0 Å². The lowest BCUT2D eigenvalue weighted by atomic mass is 10.3. The maximum atomic E-state index is 3.95. The van der Waals surface area contributed by atoms with Gasteiger partial charge in [-0.3, -0.25) is 5.10 Å². The van der Waals surface area contributed by atoms with E-state index in [0.29, 0.717) is 0 Å². The van der Waals surface area contributed by atoms with Crippen LogP contribution in [0.5, 0.6) is 0 Å². The molecule has 4 heteroatoms. The molecule has 0 aliphatic heterocycles. The van der Waals surface area contributed by atoms with Gasteiger partial charge in [-0.2, -0.15) is 5.10 Å². The Kier molecular flexibility index (Phi) is 1.88. The van der Waals surface area contributed by atoms with Crippen LogP contribution >= 0.6 is 38.5 Å². The molecule has 1 N–H and O–H groups in total. The smallest absolute Gasteiger partial charge is 0.0672 e. The maximum Gasteiger partial charge on any atom is 0.0672 e. The molecule has 2 nitrogen and oxygen atoms in total. The van der Waals surface area contributed by atoms with Crippen molar-refractivity contribution in [3.05, 3.63) is 26.4 Å². The van der Waals surface area contributed by atoms with E-state index in [4.69, 9.17) is 0 Å². The fourth-order valence-electron chi connectivity index (χ4n) is 0.975. The van der Waals surface area contributed by atoms with Crippen molar-refractivity contribution in [2.24, 2.45) is 0 Å². The zero-order valence-corrected chi connectivity index (χ0v) is 9.18. The maximum absolute atomic E-state index is 3.95. The van der Waals surface area contributed by atoms with E-state index in [9.17, 15) is 0 Å². The highest BCUT2D eigenvalue weighted by atomic mass is 127. The van der Waals surface area contributed by atoms with Crippen molar-refractivity contribution in [3.63, 3.8) is 0 Å². The van der Waals surface area contributed by atoms with Gasteiger partial charge in [0.1, 0.15) is 0 Å². The second-order valence-electron chi connectivity index (χ2n) is 2.22. The summed E-state index contributed by atoms with van der Waals surface area (Å²) in [6, 6.07) is 4.09. The van der Waals surface area contributed by atoms with Gasteiger partial charge in [0.2, 0.25) is 0 Å². The van der Waals surface area contributed by atoms with Gasteiger partial charge in [0.15, 0.2) is 0 Å². The zero-order valence-electron chi connectivity index (χ0n) is 5.44. The Bertz CT molecular complexity index is 396. The lowest BCUT2D eigenvalue weighted by Crippen LogP contribution is -1.74. The van der Waals surface area contributed by atoms with Crippen LogP contribution in [0.2, 0.25) is 0 Å². The van der Waals surface area contributed by atoms with Crippen molar-refractivity contribution in [2.75, 3.05) is 0 Å². The number of hydrogen-bond donors (Lipinski definition) is 1. The molecular weight excluding hydrogens is 319 g/mol. The fourth-order valence-corrected chi connectivity index (χ4v) is 2.63. The number of nitrogens with zero attached hydrogens (tertiary/aromatic N) is 1. The monoisotopic (exact) mass is 322 g/mol. The summed E-state index contributed by atoms with van der Waals surface area (Å²) in [5.41, 5.74) is 1.07. The van der Waals surface area contributed by atoms with Crippen LogP contribution in [0.15, 0.2) is 22.8 Å². The van der Waals surface area contributed by atoms with E-state index in [1.165, 1.54) is 8.96 Å². The van der Waals surface area contributed by atoms with Gasteiger partial charge in [0.05, 0.1) is 11.7 Å². The summed E-state index contributed by atoms with van der Waals surface area (Å²) in [4.78, 5) is 0. The van der Waals surface area contributed by atoms with E-state index in [2.05, 4.69) is 54.8 Å². The largest absolute Gasteiger partial charge is 0.278 e. The number of fused-ring (bicyclic) bond motifs is 1. The topological polar surface area (TPSA) is 28.7 Å². The third-order valence-electron chi connectivity index (χ3n) is 1.47. The highest BCUT2D eigenvalue weighted by Crippen LogP contribution is 2.23. The van der Waals surface area contributed by atoms with Crippen LogP contribution in [0.1, 0.15) is 0 Å².